The number of hydrogen-bond donors (Lipinski definition) is 1. The van der Waals surface area contributed by atoms with Crippen molar-refractivity contribution in [2.24, 2.45) is 0 Å². The van der Waals surface area contributed by atoms with Gasteiger partial charge in [0.15, 0.2) is 0 Å². The van der Waals surface area contributed by atoms with Crippen LogP contribution in [0.15, 0.2) is 12.3 Å². The maximum Gasteiger partial charge on any atom is 0.0765 e. The Hall–Kier alpha value is -0.870. The van der Waals surface area contributed by atoms with Gasteiger partial charge < -0.3 is 5.32 Å². The van der Waals surface area contributed by atoms with Crippen LogP contribution in [0.5, 0.6) is 0 Å². The van der Waals surface area contributed by atoms with E-state index in [1.807, 2.05) is 0 Å². The number of hydrogen-bond acceptors (Lipinski definition) is 3. The topological polar surface area (TPSA) is 33.1 Å². The minimum atomic E-state index is 0.497. The Labute approximate surface area is 123 Å². The summed E-state index contributed by atoms with van der Waals surface area (Å²) in [7, 11) is 2.06. The first kappa shape index (κ1) is 15.5. The normalized spacial score (nSPS) is 23.7. The highest BCUT2D eigenvalue weighted by Gasteiger charge is 2.26. The van der Waals surface area contributed by atoms with Crippen LogP contribution in [0.3, 0.4) is 0 Å². The number of likely N-dealkylation sites (tertiary alicyclic amines) is 1. The van der Waals surface area contributed by atoms with Crippen LogP contribution in [0.4, 0.5) is 0 Å². The highest BCUT2D eigenvalue weighted by atomic mass is 15.3. The lowest BCUT2D eigenvalue weighted by Gasteiger charge is -2.38. The van der Waals surface area contributed by atoms with Gasteiger partial charge in [-0.2, -0.15) is 5.10 Å². The number of nitrogens with one attached hydrogen (secondary N) is 1. The van der Waals surface area contributed by atoms with Crippen molar-refractivity contribution < 1.29 is 0 Å². The lowest BCUT2D eigenvalue weighted by Crippen LogP contribution is -2.49. The molecule has 4 heteroatoms. The number of rotatable bonds is 6. The molecule has 0 radical (unpaired) electrons. The molecule has 1 aliphatic heterocycles. The maximum absolute atomic E-state index is 4.75. The Kier molecular flexibility index (Phi) is 5.61. The van der Waals surface area contributed by atoms with Crippen molar-refractivity contribution in [1.82, 2.24) is 20.0 Å². The van der Waals surface area contributed by atoms with Gasteiger partial charge in [-0.25, -0.2) is 0 Å². The molecule has 2 rings (SSSR count). The first-order chi connectivity index (χ1) is 9.65. The summed E-state index contributed by atoms with van der Waals surface area (Å²) in [5.74, 6) is 0. The first-order valence-electron chi connectivity index (χ1n) is 8.11. The van der Waals surface area contributed by atoms with Crippen LogP contribution < -0.4 is 5.32 Å². The van der Waals surface area contributed by atoms with Crippen LogP contribution in [-0.2, 0) is 6.54 Å². The lowest BCUT2D eigenvalue weighted by atomic mass is 9.96. The summed E-state index contributed by atoms with van der Waals surface area (Å²) in [5, 5.41) is 8.16. The van der Waals surface area contributed by atoms with Crippen LogP contribution in [0.25, 0.3) is 0 Å². The lowest BCUT2D eigenvalue weighted by molar-refractivity contribution is 0.112. The molecule has 1 aliphatic rings. The SMILES string of the molecule is CCC(C)n1ccc(CN2CCCCC2C(C)NC)n1. The third-order valence-corrected chi connectivity index (χ3v) is 4.77. The largest absolute Gasteiger partial charge is 0.316 e. The van der Waals surface area contributed by atoms with Gasteiger partial charge >= 0.3 is 0 Å². The van der Waals surface area contributed by atoms with E-state index in [0.29, 0.717) is 18.1 Å². The minimum Gasteiger partial charge on any atom is -0.316 e. The molecule has 1 saturated heterocycles. The highest BCUT2D eigenvalue weighted by Crippen LogP contribution is 2.22. The van der Waals surface area contributed by atoms with Gasteiger partial charge in [-0.15, -0.1) is 0 Å². The van der Waals surface area contributed by atoms with Crippen molar-refractivity contribution in [3.05, 3.63) is 18.0 Å². The number of nitrogens with zero attached hydrogens (tertiary/aromatic N) is 3. The average Bonchev–Trinajstić information content (AvgIpc) is 2.94. The molecular formula is C16H30N4. The van der Waals surface area contributed by atoms with Crippen LogP contribution in [0, 0.1) is 0 Å². The highest BCUT2D eigenvalue weighted by molar-refractivity contribution is 5.01. The molecular weight excluding hydrogens is 248 g/mol. The summed E-state index contributed by atoms with van der Waals surface area (Å²) in [6.07, 6.45) is 7.23. The van der Waals surface area contributed by atoms with E-state index in [1.165, 1.54) is 31.5 Å². The second-order valence-corrected chi connectivity index (χ2v) is 6.16. The van der Waals surface area contributed by atoms with Crippen molar-refractivity contribution in [2.75, 3.05) is 13.6 Å². The Morgan fingerprint density at radius 2 is 2.20 bits per heavy atom. The van der Waals surface area contributed by atoms with Gasteiger partial charge in [0.2, 0.25) is 0 Å². The van der Waals surface area contributed by atoms with E-state index in [1.54, 1.807) is 0 Å². The molecule has 2 heterocycles. The van der Waals surface area contributed by atoms with E-state index >= 15 is 0 Å². The zero-order valence-corrected chi connectivity index (χ0v) is 13.5. The fraction of sp³-hybridized carbons (Fsp3) is 0.812. The Balaban J connectivity index is 2.01. The summed E-state index contributed by atoms with van der Waals surface area (Å²) in [4.78, 5) is 2.61. The molecule has 1 aromatic heterocycles. The van der Waals surface area contributed by atoms with Gasteiger partial charge in [-0.05, 0) is 52.8 Å². The van der Waals surface area contributed by atoms with Crippen molar-refractivity contribution in [3.8, 4) is 0 Å². The van der Waals surface area contributed by atoms with Gasteiger partial charge in [-0.1, -0.05) is 13.3 Å². The summed E-state index contributed by atoms with van der Waals surface area (Å²) in [6, 6.07) is 3.87. The molecule has 0 saturated carbocycles. The summed E-state index contributed by atoms with van der Waals surface area (Å²) < 4.78 is 2.11. The van der Waals surface area contributed by atoms with Crippen LogP contribution >= 0.6 is 0 Å². The predicted octanol–water partition coefficient (Wildman–Crippen LogP) is 2.82. The number of piperidine rings is 1. The maximum atomic E-state index is 4.75. The Morgan fingerprint density at radius 3 is 2.90 bits per heavy atom. The standard InChI is InChI=1S/C16H30N4/c1-5-13(2)20-11-9-15(18-20)12-19-10-7-6-8-16(19)14(3)17-4/h9,11,13-14,16-17H,5-8,10,12H2,1-4H3. The molecule has 1 N–H and O–H groups in total. The summed E-state index contributed by atoms with van der Waals surface area (Å²) in [5.41, 5.74) is 1.21. The minimum absolute atomic E-state index is 0.497. The third-order valence-electron chi connectivity index (χ3n) is 4.77. The number of likely N-dealkylation sites (N-methyl/N-ethyl adjacent to an activating group) is 1. The van der Waals surface area contributed by atoms with E-state index in [2.05, 4.69) is 55.0 Å². The van der Waals surface area contributed by atoms with Gasteiger partial charge in [0.1, 0.15) is 0 Å². The van der Waals surface area contributed by atoms with Crippen molar-refractivity contribution in [2.45, 2.75) is 71.1 Å². The summed E-state index contributed by atoms with van der Waals surface area (Å²) >= 11 is 0. The zero-order chi connectivity index (χ0) is 14.5. The van der Waals surface area contributed by atoms with E-state index in [0.717, 1.165) is 13.0 Å². The van der Waals surface area contributed by atoms with Crippen LogP contribution in [0.2, 0.25) is 0 Å². The third kappa shape index (κ3) is 3.61. The van der Waals surface area contributed by atoms with Gasteiger partial charge in [0.25, 0.3) is 0 Å². The molecule has 0 aliphatic carbocycles. The fourth-order valence-corrected chi connectivity index (χ4v) is 3.07. The summed E-state index contributed by atoms with van der Waals surface area (Å²) in [6.45, 7) is 8.92. The quantitative estimate of drug-likeness (QED) is 0.868. The molecule has 1 aromatic rings. The zero-order valence-electron chi connectivity index (χ0n) is 13.5. The molecule has 0 aromatic carbocycles. The van der Waals surface area contributed by atoms with E-state index in [-0.39, 0.29) is 0 Å². The van der Waals surface area contributed by atoms with E-state index in [9.17, 15) is 0 Å². The van der Waals surface area contributed by atoms with Crippen molar-refractivity contribution >= 4 is 0 Å². The van der Waals surface area contributed by atoms with Gasteiger partial charge in [0, 0.05) is 30.9 Å². The smallest absolute Gasteiger partial charge is 0.0765 e. The van der Waals surface area contributed by atoms with E-state index < -0.39 is 0 Å². The second-order valence-electron chi connectivity index (χ2n) is 6.16. The predicted molar refractivity (Wildman–Crippen MR) is 83.8 cm³/mol. The van der Waals surface area contributed by atoms with Crippen molar-refractivity contribution in [1.29, 1.82) is 0 Å². The van der Waals surface area contributed by atoms with E-state index in [4.69, 9.17) is 5.10 Å². The molecule has 1 fully saturated rings. The van der Waals surface area contributed by atoms with Crippen molar-refractivity contribution in [3.63, 3.8) is 0 Å². The molecule has 0 spiro atoms. The molecule has 114 valence electrons. The fourth-order valence-electron chi connectivity index (χ4n) is 3.07. The Bertz CT molecular complexity index is 401. The van der Waals surface area contributed by atoms with Gasteiger partial charge in [-0.3, -0.25) is 9.58 Å². The molecule has 3 unspecified atom stereocenters. The molecule has 4 nitrogen and oxygen atoms in total. The molecule has 20 heavy (non-hydrogen) atoms. The van der Waals surface area contributed by atoms with Crippen LogP contribution in [-0.4, -0.2) is 40.4 Å². The monoisotopic (exact) mass is 278 g/mol. The average molecular weight is 278 g/mol. The molecule has 0 bridgehead atoms. The first-order valence-corrected chi connectivity index (χ1v) is 8.11. The second kappa shape index (κ2) is 7.23. The molecule has 0 amide bonds. The number of aromatic nitrogens is 2. The Morgan fingerprint density at radius 1 is 1.40 bits per heavy atom. The van der Waals surface area contributed by atoms with Crippen LogP contribution in [0.1, 0.15) is 58.2 Å². The molecule has 3 atom stereocenters. The van der Waals surface area contributed by atoms with Gasteiger partial charge in [0.05, 0.1) is 5.69 Å².